The quantitative estimate of drug-likeness (QED) is 0.674. The molecule has 0 bridgehead atoms. The molecule has 68 valence electrons. The van der Waals surface area contributed by atoms with E-state index in [4.69, 9.17) is 5.26 Å². The lowest BCUT2D eigenvalue weighted by atomic mass is 10.1. The van der Waals surface area contributed by atoms with E-state index in [1.54, 1.807) is 4.68 Å². The van der Waals surface area contributed by atoms with Crippen LogP contribution in [0, 0.1) is 11.3 Å². The summed E-state index contributed by atoms with van der Waals surface area (Å²) in [7, 11) is 0. The molecule has 1 N–H and O–H groups in total. The maximum atomic E-state index is 8.96. The molecule has 0 unspecified atom stereocenters. The lowest BCUT2D eigenvalue weighted by molar-refractivity contribution is 0.607. The number of aromatic nitrogens is 2. The van der Waals surface area contributed by atoms with Gasteiger partial charge in [-0.1, -0.05) is 0 Å². The molecule has 4 nitrogen and oxygen atoms in total. The van der Waals surface area contributed by atoms with Crippen LogP contribution >= 0.6 is 0 Å². The summed E-state index contributed by atoms with van der Waals surface area (Å²) in [6, 6.07) is 2.23. The highest BCUT2D eigenvalue weighted by molar-refractivity contribution is 5.37. The van der Waals surface area contributed by atoms with Crippen molar-refractivity contribution in [1.82, 2.24) is 15.1 Å². The predicted molar refractivity (Wildman–Crippen MR) is 48.0 cm³/mol. The van der Waals surface area contributed by atoms with E-state index in [1.165, 1.54) is 0 Å². The summed E-state index contributed by atoms with van der Waals surface area (Å²) in [5.74, 6) is 0. The Kier molecular flexibility index (Phi) is 2.03. The molecule has 1 aliphatic heterocycles. The fourth-order valence-electron chi connectivity index (χ4n) is 1.73. The van der Waals surface area contributed by atoms with Crippen LogP contribution in [-0.2, 0) is 19.5 Å². The molecule has 13 heavy (non-hydrogen) atoms. The molecule has 0 aliphatic carbocycles. The Morgan fingerprint density at radius 3 is 3.23 bits per heavy atom. The van der Waals surface area contributed by atoms with Gasteiger partial charge in [-0.05, 0) is 19.9 Å². The van der Waals surface area contributed by atoms with Gasteiger partial charge in [0.15, 0.2) is 0 Å². The molecule has 4 heteroatoms. The summed E-state index contributed by atoms with van der Waals surface area (Å²) in [5.41, 5.74) is 2.94. The molecule has 2 rings (SSSR count). The molecule has 0 radical (unpaired) electrons. The zero-order valence-electron chi connectivity index (χ0n) is 7.67. The molecule has 0 saturated carbocycles. The van der Waals surface area contributed by atoms with Gasteiger partial charge in [-0.15, -0.1) is 0 Å². The van der Waals surface area contributed by atoms with Crippen molar-refractivity contribution in [2.45, 2.75) is 26.4 Å². The van der Waals surface area contributed by atoms with Gasteiger partial charge in [0.05, 0.1) is 5.69 Å². The second-order valence-electron chi connectivity index (χ2n) is 3.13. The van der Waals surface area contributed by atoms with Crippen LogP contribution < -0.4 is 5.32 Å². The second kappa shape index (κ2) is 3.19. The lowest BCUT2D eigenvalue weighted by Crippen LogP contribution is -2.23. The normalized spacial score (nSPS) is 15.1. The number of nitrogens with zero attached hydrogens (tertiary/aromatic N) is 3. The highest BCUT2D eigenvalue weighted by Gasteiger charge is 2.18. The Morgan fingerprint density at radius 1 is 1.69 bits per heavy atom. The van der Waals surface area contributed by atoms with Crippen molar-refractivity contribution in [2.75, 3.05) is 6.54 Å². The molecule has 0 fully saturated rings. The van der Waals surface area contributed by atoms with Gasteiger partial charge >= 0.3 is 0 Å². The third kappa shape index (κ3) is 1.21. The lowest BCUT2D eigenvalue weighted by Gasteiger charge is -2.10. The number of hydrogen-bond donors (Lipinski definition) is 1. The largest absolute Gasteiger partial charge is 0.311 e. The molecule has 0 amide bonds. The standard InChI is InChI=1S/C9H12N4/c1-2-13-9(5-10)7-3-4-11-6-8(7)12-13/h11H,2-4,6H2,1H3. The summed E-state index contributed by atoms with van der Waals surface area (Å²) in [6.07, 6.45) is 0.929. The first-order valence-electron chi connectivity index (χ1n) is 4.56. The number of aryl methyl sites for hydroxylation is 1. The second-order valence-corrected chi connectivity index (χ2v) is 3.13. The van der Waals surface area contributed by atoms with Gasteiger partial charge in [0.1, 0.15) is 11.8 Å². The smallest absolute Gasteiger partial charge is 0.142 e. The summed E-state index contributed by atoms with van der Waals surface area (Å²) in [5, 5.41) is 16.6. The predicted octanol–water partition coefficient (Wildman–Crippen LogP) is 0.420. The fraction of sp³-hybridized carbons (Fsp3) is 0.556. The molecule has 0 atom stereocenters. The molecule has 0 saturated heterocycles. The van der Waals surface area contributed by atoms with Crippen LogP contribution in [0.4, 0.5) is 0 Å². The van der Waals surface area contributed by atoms with E-state index in [0.717, 1.165) is 43.0 Å². The van der Waals surface area contributed by atoms with Gasteiger partial charge in [-0.2, -0.15) is 10.4 Å². The third-order valence-corrected chi connectivity index (χ3v) is 2.38. The minimum Gasteiger partial charge on any atom is -0.311 e. The van der Waals surface area contributed by atoms with E-state index in [9.17, 15) is 0 Å². The SMILES string of the molecule is CCn1nc2c(c1C#N)CCNC2. The highest BCUT2D eigenvalue weighted by Crippen LogP contribution is 2.17. The summed E-state index contributed by atoms with van der Waals surface area (Å²) < 4.78 is 1.79. The van der Waals surface area contributed by atoms with Gasteiger partial charge < -0.3 is 5.32 Å². The highest BCUT2D eigenvalue weighted by atomic mass is 15.3. The Labute approximate surface area is 77.2 Å². The van der Waals surface area contributed by atoms with E-state index in [1.807, 2.05) is 6.92 Å². The minimum atomic E-state index is 0.749. The van der Waals surface area contributed by atoms with E-state index in [-0.39, 0.29) is 0 Å². The molecule has 1 aliphatic rings. The van der Waals surface area contributed by atoms with Gasteiger partial charge in [0.2, 0.25) is 0 Å². The third-order valence-electron chi connectivity index (χ3n) is 2.38. The first kappa shape index (κ1) is 8.27. The Hall–Kier alpha value is -1.34. The van der Waals surface area contributed by atoms with Crippen molar-refractivity contribution in [3.05, 3.63) is 17.0 Å². The van der Waals surface area contributed by atoms with Crippen LogP contribution in [0.25, 0.3) is 0 Å². The summed E-state index contributed by atoms with van der Waals surface area (Å²) in [4.78, 5) is 0. The van der Waals surface area contributed by atoms with E-state index < -0.39 is 0 Å². The van der Waals surface area contributed by atoms with Crippen LogP contribution in [0.15, 0.2) is 0 Å². The van der Waals surface area contributed by atoms with Crippen LogP contribution in [-0.4, -0.2) is 16.3 Å². The Morgan fingerprint density at radius 2 is 2.54 bits per heavy atom. The first-order chi connectivity index (χ1) is 6.36. The maximum absolute atomic E-state index is 8.96. The number of fused-ring (bicyclic) bond motifs is 1. The average Bonchev–Trinajstić information content (AvgIpc) is 2.55. The topological polar surface area (TPSA) is 53.6 Å². The average molecular weight is 176 g/mol. The van der Waals surface area contributed by atoms with Gasteiger partial charge in [-0.25, -0.2) is 0 Å². The minimum absolute atomic E-state index is 0.749. The van der Waals surface area contributed by atoms with Crippen LogP contribution in [0.2, 0.25) is 0 Å². The molecular formula is C9H12N4. The van der Waals surface area contributed by atoms with Gasteiger partial charge in [-0.3, -0.25) is 4.68 Å². The van der Waals surface area contributed by atoms with E-state index >= 15 is 0 Å². The van der Waals surface area contributed by atoms with Crippen molar-refractivity contribution in [1.29, 1.82) is 5.26 Å². The molecule has 1 aromatic rings. The number of nitriles is 1. The Bertz CT molecular complexity index is 358. The molecule has 1 aromatic heterocycles. The zero-order chi connectivity index (χ0) is 9.26. The number of rotatable bonds is 1. The first-order valence-corrected chi connectivity index (χ1v) is 4.56. The Balaban J connectivity index is 2.52. The summed E-state index contributed by atoms with van der Waals surface area (Å²) in [6.45, 7) is 4.54. The van der Waals surface area contributed by atoms with Crippen molar-refractivity contribution in [3.63, 3.8) is 0 Å². The molecular weight excluding hydrogens is 164 g/mol. The van der Waals surface area contributed by atoms with Crippen molar-refractivity contribution in [2.24, 2.45) is 0 Å². The zero-order valence-corrected chi connectivity index (χ0v) is 7.67. The van der Waals surface area contributed by atoms with Crippen LogP contribution in [0.5, 0.6) is 0 Å². The number of hydrogen-bond acceptors (Lipinski definition) is 3. The van der Waals surface area contributed by atoms with Gasteiger partial charge in [0.25, 0.3) is 0 Å². The maximum Gasteiger partial charge on any atom is 0.142 e. The van der Waals surface area contributed by atoms with Crippen molar-refractivity contribution >= 4 is 0 Å². The van der Waals surface area contributed by atoms with Gasteiger partial charge in [0, 0.05) is 18.7 Å². The van der Waals surface area contributed by atoms with Crippen molar-refractivity contribution < 1.29 is 0 Å². The fourth-order valence-corrected chi connectivity index (χ4v) is 1.73. The molecule has 2 heterocycles. The summed E-state index contributed by atoms with van der Waals surface area (Å²) >= 11 is 0. The monoisotopic (exact) mass is 176 g/mol. The van der Waals surface area contributed by atoms with E-state index in [2.05, 4.69) is 16.5 Å². The van der Waals surface area contributed by atoms with Crippen LogP contribution in [0.1, 0.15) is 23.9 Å². The van der Waals surface area contributed by atoms with E-state index in [0.29, 0.717) is 0 Å². The van der Waals surface area contributed by atoms with Crippen LogP contribution in [0.3, 0.4) is 0 Å². The molecule has 0 spiro atoms. The number of nitrogens with one attached hydrogen (secondary N) is 1. The molecule has 0 aromatic carbocycles. The van der Waals surface area contributed by atoms with Crippen molar-refractivity contribution in [3.8, 4) is 6.07 Å².